The number of furan rings is 1. The van der Waals surface area contributed by atoms with Gasteiger partial charge < -0.3 is 13.9 Å². The number of para-hydroxylation sites is 2. The number of aromatic nitrogens is 1. The summed E-state index contributed by atoms with van der Waals surface area (Å²) in [5.41, 5.74) is 12.9. The molecule has 272 valence electrons. The Kier molecular flexibility index (Phi) is 7.40. The highest BCUT2D eigenvalue weighted by atomic mass is 32.1. The largest absolute Gasteiger partial charge is 0.455 e. The van der Waals surface area contributed by atoms with Gasteiger partial charge in [-0.25, -0.2) is 0 Å². The van der Waals surface area contributed by atoms with Gasteiger partial charge in [0.25, 0.3) is 0 Å². The zero-order valence-corrected chi connectivity index (χ0v) is 32.2. The molecule has 3 heterocycles. The fraction of sp³-hybridized carbons (Fsp3) is 0. The van der Waals surface area contributed by atoms with E-state index in [9.17, 15) is 0 Å². The van der Waals surface area contributed by atoms with Gasteiger partial charge in [0.2, 0.25) is 0 Å². The van der Waals surface area contributed by atoms with Crippen LogP contribution in [-0.4, -0.2) is 4.57 Å². The maximum absolute atomic E-state index is 7.06. The second kappa shape index (κ2) is 13.1. The van der Waals surface area contributed by atoms with Crippen LogP contribution in [-0.2, 0) is 0 Å². The summed E-state index contributed by atoms with van der Waals surface area (Å²) in [6.45, 7) is 0. The van der Waals surface area contributed by atoms with Crippen LogP contribution in [0.3, 0.4) is 0 Å². The molecule has 0 atom stereocenters. The minimum Gasteiger partial charge on any atom is -0.455 e. The summed E-state index contributed by atoms with van der Waals surface area (Å²) in [4.78, 5) is 2.47. The van der Waals surface area contributed by atoms with Crippen molar-refractivity contribution in [1.29, 1.82) is 0 Å². The van der Waals surface area contributed by atoms with E-state index in [-0.39, 0.29) is 0 Å². The first-order valence-corrected chi connectivity index (χ1v) is 20.5. The van der Waals surface area contributed by atoms with Crippen molar-refractivity contribution in [2.24, 2.45) is 0 Å². The van der Waals surface area contributed by atoms with E-state index in [0.717, 1.165) is 72.5 Å². The molecule has 0 N–H and O–H groups in total. The molecule has 4 heteroatoms. The number of nitrogens with zero attached hydrogens (tertiary/aromatic N) is 2. The van der Waals surface area contributed by atoms with Crippen molar-refractivity contribution in [3.8, 4) is 27.9 Å². The van der Waals surface area contributed by atoms with Crippen LogP contribution in [0.5, 0.6) is 0 Å². The van der Waals surface area contributed by atoms with Crippen LogP contribution in [0.4, 0.5) is 17.1 Å². The number of hydrogen-bond acceptors (Lipinski definition) is 3. The Labute approximate surface area is 338 Å². The van der Waals surface area contributed by atoms with E-state index in [2.05, 4.69) is 216 Å². The topological polar surface area (TPSA) is 21.3 Å². The highest BCUT2D eigenvalue weighted by Gasteiger charge is 2.25. The van der Waals surface area contributed by atoms with Gasteiger partial charge in [-0.05, 0) is 83.4 Å². The normalized spacial score (nSPS) is 11.8. The molecule has 0 aliphatic heterocycles. The molecule has 0 aliphatic rings. The monoisotopic (exact) mass is 758 g/mol. The molecule has 0 spiro atoms. The quantitative estimate of drug-likeness (QED) is 0.168. The van der Waals surface area contributed by atoms with Gasteiger partial charge >= 0.3 is 0 Å². The first-order chi connectivity index (χ1) is 28.8. The summed E-state index contributed by atoms with van der Waals surface area (Å²) in [6, 6.07) is 74.3. The Balaban J connectivity index is 1.19. The Morgan fingerprint density at radius 2 is 1.10 bits per heavy atom. The molecule has 0 unspecified atom stereocenters. The van der Waals surface area contributed by atoms with Crippen LogP contribution in [0, 0.1) is 0 Å². The molecule has 0 aliphatic carbocycles. The zero-order chi connectivity index (χ0) is 38.2. The Morgan fingerprint density at radius 1 is 0.431 bits per heavy atom. The lowest BCUT2D eigenvalue weighted by atomic mass is 9.98. The Hall–Kier alpha value is -7.40. The predicted octanol–water partition coefficient (Wildman–Crippen LogP) is 15.9. The molecular weight excluding hydrogens is 725 g/mol. The smallest absolute Gasteiger partial charge is 0.145 e. The summed E-state index contributed by atoms with van der Waals surface area (Å²) in [5.74, 6) is 0. The van der Waals surface area contributed by atoms with E-state index in [0.29, 0.717) is 0 Å². The molecule has 0 bridgehead atoms. The first kappa shape index (κ1) is 32.8. The maximum atomic E-state index is 7.06. The van der Waals surface area contributed by atoms with Gasteiger partial charge in [-0.1, -0.05) is 140 Å². The minimum absolute atomic E-state index is 0.862. The summed E-state index contributed by atoms with van der Waals surface area (Å²) in [6.07, 6.45) is 0. The number of hydrogen-bond donors (Lipinski definition) is 0. The fourth-order valence-corrected chi connectivity index (χ4v) is 10.2. The molecule has 3 aromatic heterocycles. The first-order valence-electron chi connectivity index (χ1n) is 19.7. The third-order valence-corrected chi connectivity index (χ3v) is 12.8. The molecule has 0 saturated heterocycles. The van der Waals surface area contributed by atoms with Crippen LogP contribution in [0.25, 0.3) is 91.9 Å². The third kappa shape index (κ3) is 5.05. The highest BCUT2D eigenvalue weighted by Crippen LogP contribution is 2.50. The summed E-state index contributed by atoms with van der Waals surface area (Å²) in [5, 5.41) is 7.14. The fourth-order valence-electron chi connectivity index (χ4n) is 8.97. The molecule has 12 rings (SSSR count). The maximum Gasteiger partial charge on any atom is 0.145 e. The number of fused-ring (bicyclic) bond motifs is 9. The van der Waals surface area contributed by atoms with Crippen molar-refractivity contribution >= 4 is 92.3 Å². The van der Waals surface area contributed by atoms with E-state index in [1.165, 1.54) is 36.5 Å². The van der Waals surface area contributed by atoms with Gasteiger partial charge in [-0.15, -0.1) is 11.3 Å². The molecule has 0 saturated carbocycles. The van der Waals surface area contributed by atoms with E-state index < -0.39 is 0 Å². The van der Waals surface area contributed by atoms with Gasteiger partial charge in [-0.3, -0.25) is 0 Å². The average molecular weight is 759 g/mol. The summed E-state index contributed by atoms with van der Waals surface area (Å²) in [7, 11) is 0. The van der Waals surface area contributed by atoms with Crippen molar-refractivity contribution in [3.63, 3.8) is 0 Å². The second-order valence-corrected chi connectivity index (χ2v) is 15.9. The molecule has 0 radical (unpaired) electrons. The number of rotatable bonds is 6. The van der Waals surface area contributed by atoms with Crippen molar-refractivity contribution in [3.05, 3.63) is 206 Å². The van der Waals surface area contributed by atoms with Crippen molar-refractivity contribution in [2.75, 3.05) is 4.90 Å². The van der Waals surface area contributed by atoms with Gasteiger partial charge in [0.05, 0.1) is 32.5 Å². The Bertz CT molecular complexity index is 3510. The van der Waals surface area contributed by atoms with Crippen LogP contribution in [0.2, 0.25) is 0 Å². The standard InChI is InChI=1S/C54H34N2OS/c1-4-15-35(16-5-1)37-27-29-45-50(33-37)57-53-40(36-17-6-2-7-18-36)31-32-47(52(45)53)56(48-25-14-23-44-43-22-11-13-26-51(43)58-54(44)48)39-28-30-42-41-21-10-12-24-46(41)55(49(42)34-39)38-19-8-3-9-20-38/h1-34H. The molecule has 0 fully saturated rings. The zero-order valence-electron chi connectivity index (χ0n) is 31.3. The van der Waals surface area contributed by atoms with Gasteiger partial charge in [0.15, 0.2) is 0 Å². The minimum atomic E-state index is 0.862. The van der Waals surface area contributed by atoms with Gasteiger partial charge in [-0.2, -0.15) is 0 Å². The highest BCUT2D eigenvalue weighted by molar-refractivity contribution is 7.26. The number of benzene rings is 9. The molecule has 3 nitrogen and oxygen atoms in total. The molecule has 9 aromatic carbocycles. The molecule has 0 amide bonds. The molecule has 58 heavy (non-hydrogen) atoms. The van der Waals surface area contributed by atoms with Crippen molar-refractivity contribution in [2.45, 2.75) is 0 Å². The van der Waals surface area contributed by atoms with Crippen LogP contribution in [0.1, 0.15) is 0 Å². The van der Waals surface area contributed by atoms with Crippen molar-refractivity contribution < 1.29 is 4.42 Å². The predicted molar refractivity (Wildman–Crippen MR) is 247 cm³/mol. The van der Waals surface area contributed by atoms with E-state index in [4.69, 9.17) is 4.42 Å². The third-order valence-electron chi connectivity index (χ3n) is 11.6. The molecule has 12 aromatic rings. The summed E-state index contributed by atoms with van der Waals surface area (Å²) < 4.78 is 12.0. The lowest BCUT2D eigenvalue weighted by Crippen LogP contribution is -2.11. The number of anilines is 3. The average Bonchev–Trinajstić information content (AvgIpc) is 3.97. The molecular formula is C54H34N2OS. The van der Waals surface area contributed by atoms with Crippen LogP contribution < -0.4 is 4.90 Å². The van der Waals surface area contributed by atoms with Gasteiger partial charge in [0.1, 0.15) is 11.2 Å². The van der Waals surface area contributed by atoms with Crippen LogP contribution in [0.15, 0.2) is 211 Å². The van der Waals surface area contributed by atoms with Crippen LogP contribution >= 0.6 is 11.3 Å². The second-order valence-electron chi connectivity index (χ2n) is 14.9. The van der Waals surface area contributed by atoms with Crippen molar-refractivity contribution in [1.82, 2.24) is 4.57 Å². The van der Waals surface area contributed by atoms with Gasteiger partial charge in [0, 0.05) is 48.6 Å². The Morgan fingerprint density at radius 3 is 1.93 bits per heavy atom. The van der Waals surface area contributed by atoms with E-state index in [1.54, 1.807) is 0 Å². The summed E-state index contributed by atoms with van der Waals surface area (Å²) >= 11 is 1.85. The van der Waals surface area contributed by atoms with E-state index in [1.807, 2.05) is 11.3 Å². The SMILES string of the molecule is c1ccc(-c2ccc3c(c2)oc2c(-c4ccccc4)ccc(N(c4ccc5c6ccccc6n(-c6ccccc6)c5c4)c4cccc5c4sc4ccccc45)c23)cc1. The number of thiophene rings is 1. The lowest BCUT2D eigenvalue weighted by molar-refractivity contribution is 0.670. The lowest BCUT2D eigenvalue weighted by Gasteiger charge is -2.27. The van der Waals surface area contributed by atoms with E-state index >= 15 is 0 Å².